The summed E-state index contributed by atoms with van der Waals surface area (Å²) in [5.41, 5.74) is 3.22. The highest BCUT2D eigenvalue weighted by Crippen LogP contribution is 2.28. The molecular formula is C18H17N3OS2. The lowest BCUT2D eigenvalue weighted by Gasteiger charge is -2.01. The fourth-order valence-corrected chi connectivity index (χ4v) is 3.75. The second-order valence-electron chi connectivity index (χ2n) is 5.29. The number of carbonyl (C=O) groups is 1. The number of carbonyl (C=O) groups excluding carboxylic acids is 1. The molecule has 0 saturated heterocycles. The van der Waals surface area contributed by atoms with Crippen LogP contribution in [0, 0.1) is 6.92 Å². The summed E-state index contributed by atoms with van der Waals surface area (Å²) in [4.78, 5) is 12.1. The second kappa shape index (κ2) is 8.08. The Morgan fingerprint density at radius 2 is 1.83 bits per heavy atom. The van der Waals surface area contributed by atoms with E-state index in [0.29, 0.717) is 10.7 Å². The van der Waals surface area contributed by atoms with Gasteiger partial charge in [0, 0.05) is 11.3 Å². The van der Waals surface area contributed by atoms with Crippen LogP contribution in [0.3, 0.4) is 0 Å². The maximum Gasteiger partial charge on any atom is 0.206 e. The first-order chi connectivity index (χ1) is 11.7. The number of ketones is 1. The van der Waals surface area contributed by atoms with Crippen molar-refractivity contribution < 1.29 is 4.79 Å². The summed E-state index contributed by atoms with van der Waals surface area (Å²) in [5.74, 6) is 0.900. The zero-order chi connectivity index (χ0) is 16.8. The van der Waals surface area contributed by atoms with Crippen LogP contribution in [-0.2, 0) is 5.75 Å². The van der Waals surface area contributed by atoms with E-state index in [4.69, 9.17) is 0 Å². The van der Waals surface area contributed by atoms with Gasteiger partial charge >= 0.3 is 0 Å². The zero-order valence-corrected chi connectivity index (χ0v) is 14.9. The summed E-state index contributed by atoms with van der Waals surface area (Å²) < 4.78 is 0.894. The summed E-state index contributed by atoms with van der Waals surface area (Å²) in [7, 11) is 0. The zero-order valence-electron chi connectivity index (χ0n) is 13.2. The van der Waals surface area contributed by atoms with Gasteiger partial charge in [0.2, 0.25) is 5.13 Å². The van der Waals surface area contributed by atoms with Gasteiger partial charge in [-0.25, -0.2) is 0 Å². The molecule has 0 saturated carbocycles. The van der Waals surface area contributed by atoms with Crippen LogP contribution in [0.25, 0.3) is 0 Å². The number of aryl methyl sites for hydroxylation is 1. The van der Waals surface area contributed by atoms with Crippen molar-refractivity contribution >= 4 is 34.0 Å². The molecule has 0 aliphatic carbocycles. The van der Waals surface area contributed by atoms with Crippen molar-refractivity contribution in [2.75, 3.05) is 11.9 Å². The largest absolute Gasteiger partial charge is 0.353 e. The molecule has 0 atom stereocenters. The molecule has 1 N–H and O–H groups in total. The van der Waals surface area contributed by atoms with Gasteiger partial charge in [-0.15, -0.1) is 10.2 Å². The Labute approximate surface area is 149 Å². The summed E-state index contributed by atoms with van der Waals surface area (Å²) in [6, 6.07) is 17.7. The second-order valence-corrected chi connectivity index (χ2v) is 7.49. The predicted molar refractivity (Wildman–Crippen MR) is 99.9 cm³/mol. The van der Waals surface area contributed by atoms with Gasteiger partial charge in [0.15, 0.2) is 10.1 Å². The van der Waals surface area contributed by atoms with E-state index >= 15 is 0 Å². The van der Waals surface area contributed by atoms with Crippen molar-refractivity contribution in [2.45, 2.75) is 17.0 Å². The SMILES string of the molecule is Cc1ccc(CSc2nnc(NCC(=O)c3ccccc3)s2)cc1. The standard InChI is InChI=1S/C18H17N3OS2/c1-13-7-9-14(10-8-13)12-23-18-21-20-17(24-18)19-11-16(22)15-5-3-2-4-6-15/h2-10H,11-12H2,1H3,(H,19,20). The van der Waals surface area contributed by atoms with Crippen LogP contribution in [0.2, 0.25) is 0 Å². The molecule has 1 aromatic heterocycles. The van der Waals surface area contributed by atoms with Crippen molar-refractivity contribution in [1.82, 2.24) is 10.2 Å². The lowest BCUT2D eigenvalue weighted by atomic mass is 10.1. The molecule has 24 heavy (non-hydrogen) atoms. The molecule has 0 unspecified atom stereocenters. The first kappa shape index (κ1) is 16.7. The van der Waals surface area contributed by atoms with E-state index < -0.39 is 0 Å². The number of nitrogens with zero attached hydrogens (tertiary/aromatic N) is 2. The molecule has 3 rings (SSSR count). The molecule has 3 aromatic rings. The Hall–Kier alpha value is -2.18. The van der Waals surface area contributed by atoms with E-state index in [1.165, 1.54) is 22.5 Å². The molecule has 0 fully saturated rings. The van der Waals surface area contributed by atoms with Crippen LogP contribution in [0.4, 0.5) is 5.13 Å². The first-order valence-corrected chi connectivity index (χ1v) is 9.35. The minimum atomic E-state index is 0.0414. The molecule has 122 valence electrons. The van der Waals surface area contributed by atoms with E-state index in [1.807, 2.05) is 30.3 Å². The minimum Gasteiger partial charge on any atom is -0.353 e. The molecule has 0 bridgehead atoms. The van der Waals surface area contributed by atoms with Gasteiger partial charge in [0.1, 0.15) is 0 Å². The number of anilines is 1. The molecule has 1 heterocycles. The van der Waals surface area contributed by atoms with Crippen LogP contribution in [0.5, 0.6) is 0 Å². The molecule has 0 amide bonds. The Kier molecular flexibility index (Phi) is 5.61. The smallest absolute Gasteiger partial charge is 0.206 e. The fraction of sp³-hybridized carbons (Fsp3) is 0.167. The van der Waals surface area contributed by atoms with Gasteiger partial charge < -0.3 is 5.32 Å². The Balaban J connectivity index is 1.50. The van der Waals surface area contributed by atoms with Gasteiger partial charge in [-0.1, -0.05) is 83.3 Å². The Bertz CT molecular complexity index is 801. The van der Waals surface area contributed by atoms with Crippen LogP contribution >= 0.6 is 23.1 Å². The average Bonchev–Trinajstić information content (AvgIpc) is 3.08. The molecule has 4 nitrogen and oxygen atoms in total. The van der Waals surface area contributed by atoms with Crippen molar-refractivity contribution in [2.24, 2.45) is 0 Å². The monoisotopic (exact) mass is 355 g/mol. The Morgan fingerprint density at radius 1 is 1.08 bits per heavy atom. The summed E-state index contributed by atoms with van der Waals surface area (Å²) in [6.07, 6.45) is 0. The van der Waals surface area contributed by atoms with E-state index in [1.54, 1.807) is 11.8 Å². The van der Waals surface area contributed by atoms with Crippen LogP contribution in [0.1, 0.15) is 21.5 Å². The van der Waals surface area contributed by atoms with E-state index in [9.17, 15) is 4.79 Å². The van der Waals surface area contributed by atoms with Gasteiger partial charge in [0.05, 0.1) is 6.54 Å². The quantitative estimate of drug-likeness (QED) is 0.502. The topological polar surface area (TPSA) is 54.9 Å². The highest BCUT2D eigenvalue weighted by atomic mass is 32.2. The van der Waals surface area contributed by atoms with Crippen LogP contribution in [-0.4, -0.2) is 22.5 Å². The number of hydrogen-bond acceptors (Lipinski definition) is 6. The molecule has 2 aromatic carbocycles. The van der Waals surface area contributed by atoms with Crippen molar-refractivity contribution in [3.05, 3.63) is 71.3 Å². The van der Waals surface area contributed by atoms with Gasteiger partial charge in [0.25, 0.3) is 0 Å². The molecule has 0 aliphatic heterocycles. The third kappa shape index (κ3) is 4.66. The van der Waals surface area contributed by atoms with Gasteiger partial charge in [-0.05, 0) is 12.5 Å². The number of nitrogens with one attached hydrogen (secondary N) is 1. The highest BCUT2D eigenvalue weighted by molar-refractivity contribution is 8.00. The molecular weight excluding hydrogens is 338 g/mol. The third-order valence-corrected chi connectivity index (χ3v) is 5.47. The Morgan fingerprint density at radius 3 is 2.58 bits per heavy atom. The third-order valence-electron chi connectivity index (χ3n) is 3.39. The molecule has 0 aliphatic rings. The summed E-state index contributed by atoms with van der Waals surface area (Å²) >= 11 is 3.12. The molecule has 0 radical (unpaired) electrons. The fourth-order valence-electron chi connectivity index (χ4n) is 2.05. The number of rotatable bonds is 7. The first-order valence-electron chi connectivity index (χ1n) is 7.55. The van der Waals surface area contributed by atoms with Crippen molar-refractivity contribution in [1.29, 1.82) is 0 Å². The predicted octanol–water partition coefficient (Wildman–Crippen LogP) is 4.43. The lowest BCUT2D eigenvalue weighted by Crippen LogP contribution is -2.13. The average molecular weight is 355 g/mol. The normalized spacial score (nSPS) is 10.5. The maximum atomic E-state index is 12.1. The highest BCUT2D eigenvalue weighted by Gasteiger charge is 2.08. The van der Waals surface area contributed by atoms with Crippen LogP contribution < -0.4 is 5.32 Å². The van der Waals surface area contributed by atoms with Gasteiger partial charge in [-0.2, -0.15) is 0 Å². The number of thioether (sulfide) groups is 1. The molecule has 0 spiro atoms. The van der Waals surface area contributed by atoms with Gasteiger partial charge in [-0.3, -0.25) is 4.79 Å². The summed E-state index contributed by atoms with van der Waals surface area (Å²) in [6.45, 7) is 2.30. The summed E-state index contributed by atoms with van der Waals surface area (Å²) in [5, 5.41) is 12.0. The van der Waals surface area contributed by atoms with E-state index in [-0.39, 0.29) is 12.3 Å². The number of benzene rings is 2. The number of Topliss-reactive ketones (excluding diaryl/α,β-unsaturated/α-hetero) is 1. The molecule has 6 heteroatoms. The van der Waals surface area contributed by atoms with E-state index in [0.717, 1.165) is 10.1 Å². The number of hydrogen-bond donors (Lipinski definition) is 1. The number of aromatic nitrogens is 2. The van der Waals surface area contributed by atoms with E-state index in [2.05, 4.69) is 46.7 Å². The van der Waals surface area contributed by atoms with Crippen molar-refractivity contribution in [3.63, 3.8) is 0 Å². The minimum absolute atomic E-state index is 0.0414. The van der Waals surface area contributed by atoms with Crippen LogP contribution in [0.15, 0.2) is 58.9 Å². The van der Waals surface area contributed by atoms with Crippen molar-refractivity contribution in [3.8, 4) is 0 Å². The lowest BCUT2D eigenvalue weighted by molar-refractivity contribution is 0.101. The maximum absolute atomic E-state index is 12.1.